The zero-order valence-corrected chi connectivity index (χ0v) is 15.1. The zero-order chi connectivity index (χ0) is 18.0. The third-order valence-corrected chi connectivity index (χ3v) is 6.52. The lowest BCUT2D eigenvalue weighted by molar-refractivity contribution is -0.157. The Bertz CT molecular complexity index is 536. The predicted molar refractivity (Wildman–Crippen MR) is 92.8 cm³/mol. The molecule has 0 aromatic heterocycles. The molecule has 2 N–H and O–H groups in total. The number of carbonyl (C=O) groups is 3. The van der Waals surface area contributed by atoms with E-state index in [4.69, 9.17) is 0 Å². The molecule has 1 heterocycles. The van der Waals surface area contributed by atoms with E-state index in [1.54, 1.807) is 11.8 Å². The molecule has 1 atom stereocenters. The molecular formula is C19H30N2O4. The van der Waals surface area contributed by atoms with E-state index in [9.17, 15) is 19.5 Å². The number of nitrogens with zero attached hydrogens (tertiary/aromatic N) is 1. The van der Waals surface area contributed by atoms with Crippen LogP contribution in [0.5, 0.6) is 0 Å². The van der Waals surface area contributed by atoms with Gasteiger partial charge in [-0.05, 0) is 58.3 Å². The van der Waals surface area contributed by atoms with Gasteiger partial charge in [-0.15, -0.1) is 0 Å². The van der Waals surface area contributed by atoms with Gasteiger partial charge in [-0.1, -0.05) is 12.8 Å². The molecule has 1 unspecified atom stereocenters. The topological polar surface area (TPSA) is 86.7 Å². The average molecular weight is 350 g/mol. The van der Waals surface area contributed by atoms with Crippen molar-refractivity contribution in [3.63, 3.8) is 0 Å². The van der Waals surface area contributed by atoms with Gasteiger partial charge in [0, 0.05) is 24.4 Å². The third kappa shape index (κ3) is 3.67. The van der Waals surface area contributed by atoms with E-state index in [1.807, 2.05) is 0 Å². The number of rotatable bonds is 4. The van der Waals surface area contributed by atoms with Crippen molar-refractivity contribution in [2.45, 2.75) is 82.7 Å². The first-order valence-electron chi connectivity index (χ1n) is 9.77. The van der Waals surface area contributed by atoms with Gasteiger partial charge in [0.25, 0.3) is 0 Å². The Kier molecular flexibility index (Phi) is 5.35. The number of carbonyl (C=O) groups excluding carboxylic acids is 2. The van der Waals surface area contributed by atoms with E-state index < -0.39 is 11.5 Å². The minimum Gasteiger partial charge on any atom is -0.480 e. The van der Waals surface area contributed by atoms with E-state index in [1.165, 1.54) is 0 Å². The highest BCUT2D eigenvalue weighted by Crippen LogP contribution is 2.34. The fourth-order valence-electron chi connectivity index (χ4n) is 4.75. The molecule has 2 saturated carbocycles. The third-order valence-electron chi connectivity index (χ3n) is 6.52. The number of hydrogen-bond donors (Lipinski definition) is 2. The maximum Gasteiger partial charge on any atom is 0.329 e. The largest absolute Gasteiger partial charge is 0.480 e. The summed E-state index contributed by atoms with van der Waals surface area (Å²) in [7, 11) is 0. The number of likely N-dealkylation sites (tertiary alicyclic amines) is 1. The average Bonchev–Trinajstić information content (AvgIpc) is 3.25. The molecule has 3 aliphatic rings. The fraction of sp³-hybridized carbons (Fsp3) is 0.842. The van der Waals surface area contributed by atoms with Crippen LogP contribution in [0.15, 0.2) is 0 Å². The van der Waals surface area contributed by atoms with Crippen molar-refractivity contribution in [3.05, 3.63) is 0 Å². The van der Waals surface area contributed by atoms with Crippen LogP contribution in [0, 0.1) is 11.8 Å². The first-order valence-corrected chi connectivity index (χ1v) is 9.77. The Morgan fingerprint density at radius 2 is 1.60 bits per heavy atom. The number of carboxylic acid groups (broad SMARTS) is 1. The van der Waals surface area contributed by atoms with Crippen LogP contribution in [0.1, 0.15) is 71.1 Å². The molecule has 3 rings (SSSR count). The maximum absolute atomic E-state index is 12.8. The minimum absolute atomic E-state index is 0.0111. The van der Waals surface area contributed by atoms with Crippen LogP contribution in [0.2, 0.25) is 0 Å². The van der Waals surface area contributed by atoms with Crippen LogP contribution in [-0.4, -0.2) is 45.9 Å². The Morgan fingerprint density at radius 1 is 0.960 bits per heavy atom. The molecule has 6 nitrogen and oxygen atoms in total. The van der Waals surface area contributed by atoms with E-state index in [2.05, 4.69) is 5.32 Å². The van der Waals surface area contributed by atoms with Crippen molar-refractivity contribution in [2.24, 2.45) is 11.8 Å². The molecule has 0 aromatic carbocycles. The summed E-state index contributed by atoms with van der Waals surface area (Å²) in [5, 5.41) is 12.7. The minimum atomic E-state index is -1.05. The predicted octanol–water partition coefficient (Wildman–Crippen LogP) is 2.32. The van der Waals surface area contributed by atoms with Crippen LogP contribution in [-0.2, 0) is 14.4 Å². The lowest BCUT2D eigenvalue weighted by Gasteiger charge is -2.36. The molecule has 2 amide bonds. The first-order chi connectivity index (χ1) is 11.9. The second-order valence-corrected chi connectivity index (χ2v) is 8.21. The molecule has 0 bridgehead atoms. The van der Waals surface area contributed by atoms with Gasteiger partial charge in [-0.25, -0.2) is 4.79 Å². The number of hydrogen-bond acceptors (Lipinski definition) is 3. The molecule has 3 fully saturated rings. The molecule has 1 saturated heterocycles. The van der Waals surface area contributed by atoms with Crippen molar-refractivity contribution >= 4 is 17.8 Å². The fourth-order valence-corrected chi connectivity index (χ4v) is 4.75. The smallest absolute Gasteiger partial charge is 0.329 e. The summed E-state index contributed by atoms with van der Waals surface area (Å²) >= 11 is 0. The van der Waals surface area contributed by atoms with E-state index in [0.717, 1.165) is 57.8 Å². The Labute approximate surface area is 149 Å². The van der Waals surface area contributed by atoms with Gasteiger partial charge in [0.15, 0.2) is 0 Å². The second kappa shape index (κ2) is 7.34. The highest BCUT2D eigenvalue weighted by molar-refractivity contribution is 5.88. The highest BCUT2D eigenvalue weighted by Gasteiger charge is 2.47. The number of nitrogens with one attached hydrogen (secondary N) is 1. The van der Waals surface area contributed by atoms with Crippen LogP contribution in [0.25, 0.3) is 0 Å². The summed E-state index contributed by atoms with van der Waals surface area (Å²) in [5.41, 5.74) is -1.05. The van der Waals surface area contributed by atoms with Crippen molar-refractivity contribution < 1.29 is 19.5 Å². The normalized spacial score (nSPS) is 33.4. The van der Waals surface area contributed by atoms with Gasteiger partial charge in [0.05, 0.1) is 0 Å². The Balaban J connectivity index is 1.51. The monoisotopic (exact) mass is 350 g/mol. The lowest BCUT2D eigenvalue weighted by atomic mass is 9.84. The molecule has 25 heavy (non-hydrogen) atoms. The van der Waals surface area contributed by atoms with E-state index in [0.29, 0.717) is 13.0 Å². The molecular weight excluding hydrogens is 320 g/mol. The molecule has 0 aromatic rings. The van der Waals surface area contributed by atoms with E-state index >= 15 is 0 Å². The van der Waals surface area contributed by atoms with Gasteiger partial charge in [0.1, 0.15) is 5.54 Å². The zero-order valence-electron chi connectivity index (χ0n) is 15.1. The molecule has 140 valence electrons. The first kappa shape index (κ1) is 18.2. The van der Waals surface area contributed by atoms with Gasteiger partial charge < -0.3 is 15.3 Å². The Hall–Kier alpha value is -1.59. The summed E-state index contributed by atoms with van der Waals surface area (Å²) in [6, 6.07) is 0.168. The quantitative estimate of drug-likeness (QED) is 0.814. The summed E-state index contributed by atoms with van der Waals surface area (Å²) in [6.45, 7) is 2.20. The lowest BCUT2D eigenvalue weighted by Crippen LogP contribution is -2.53. The molecule has 0 radical (unpaired) electrons. The van der Waals surface area contributed by atoms with E-state index in [-0.39, 0.29) is 29.7 Å². The number of aliphatic carboxylic acids is 1. The van der Waals surface area contributed by atoms with Crippen molar-refractivity contribution in [3.8, 4) is 0 Å². The standard InChI is InChI=1S/C19H30N2O4/c1-19(18(24)25)11-4-12-21(19)17(23)14-7-9-15(10-8-14)20-16(22)13-5-2-3-6-13/h13-15H,2-12H2,1H3,(H,20,22)(H,24,25). The van der Waals surface area contributed by atoms with Crippen molar-refractivity contribution in [1.82, 2.24) is 10.2 Å². The van der Waals surface area contributed by atoms with Crippen LogP contribution >= 0.6 is 0 Å². The molecule has 6 heteroatoms. The number of carboxylic acids is 1. The summed E-state index contributed by atoms with van der Waals surface area (Å²) in [5.74, 6) is -0.652. The summed E-state index contributed by atoms with van der Waals surface area (Å²) < 4.78 is 0. The molecule has 2 aliphatic carbocycles. The molecule has 1 aliphatic heterocycles. The Morgan fingerprint density at radius 3 is 2.20 bits per heavy atom. The summed E-state index contributed by atoms with van der Waals surface area (Å²) in [6.07, 6.45) is 8.68. The SMILES string of the molecule is CC1(C(=O)O)CCCN1C(=O)C1CCC(NC(=O)C2CCCC2)CC1. The maximum atomic E-state index is 12.8. The van der Waals surface area contributed by atoms with Crippen LogP contribution in [0.4, 0.5) is 0 Å². The van der Waals surface area contributed by atoms with Gasteiger partial charge >= 0.3 is 5.97 Å². The molecule has 0 spiro atoms. The van der Waals surface area contributed by atoms with Gasteiger partial charge in [-0.3, -0.25) is 9.59 Å². The van der Waals surface area contributed by atoms with Gasteiger partial charge in [0.2, 0.25) is 11.8 Å². The van der Waals surface area contributed by atoms with Crippen molar-refractivity contribution in [2.75, 3.05) is 6.54 Å². The van der Waals surface area contributed by atoms with Crippen LogP contribution in [0.3, 0.4) is 0 Å². The van der Waals surface area contributed by atoms with Crippen molar-refractivity contribution in [1.29, 1.82) is 0 Å². The van der Waals surface area contributed by atoms with Crippen LogP contribution < -0.4 is 5.32 Å². The van der Waals surface area contributed by atoms with Gasteiger partial charge in [-0.2, -0.15) is 0 Å². The highest BCUT2D eigenvalue weighted by atomic mass is 16.4. The second-order valence-electron chi connectivity index (χ2n) is 8.21. The number of amides is 2. The summed E-state index contributed by atoms with van der Waals surface area (Å²) in [4.78, 5) is 38.2.